The number of aryl methyl sites for hydroxylation is 1. The van der Waals surface area contributed by atoms with E-state index in [2.05, 4.69) is 0 Å². The highest BCUT2D eigenvalue weighted by atomic mass is 16.5. The van der Waals surface area contributed by atoms with Crippen LogP contribution in [0.25, 0.3) is 12.2 Å². The number of fused-ring (bicyclic) bond motifs is 1. The van der Waals surface area contributed by atoms with Crippen LogP contribution in [-0.2, 0) is 4.79 Å². The molecule has 41 heavy (non-hydrogen) atoms. The lowest BCUT2D eigenvalue weighted by molar-refractivity contribution is -0.115. The Morgan fingerprint density at radius 3 is 1.88 bits per heavy atom. The van der Waals surface area contributed by atoms with E-state index in [1.807, 2.05) is 130 Å². The Balaban J connectivity index is 1.43. The maximum Gasteiger partial charge on any atom is 0.263 e. The molecule has 0 atom stereocenters. The summed E-state index contributed by atoms with van der Waals surface area (Å²) >= 11 is 0. The molecule has 0 bridgehead atoms. The molecule has 0 aromatic heterocycles. The summed E-state index contributed by atoms with van der Waals surface area (Å²) in [6.45, 7) is 5.82. The zero-order valence-electron chi connectivity index (χ0n) is 23.2. The van der Waals surface area contributed by atoms with Crippen LogP contribution in [0, 0.1) is 6.92 Å². The van der Waals surface area contributed by atoms with E-state index in [-0.39, 0.29) is 17.3 Å². The largest absolute Gasteiger partial charge is 0.458 e. The lowest BCUT2D eigenvalue weighted by Gasteiger charge is -2.08. The zero-order chi connectivity index (χ0) is 28.6. The van der Waals surface area contributed by atoms with Gasteiger partial charge in [-0.3, -0.25) is 4.79 Å². The number of hydrogen-bond acceptors (Lipinski definition) is 5. The number of rotatable bonds is 7. The molecule has 0 fully saturated rings. The number of carbonyl (C=O) groups excluding carboxylic acids is 1. The van der Waals surface area contributed by atoms with Gasteiger partial charge in [-0.2, -0.15) is 0 Å². The summed E-state index contributed by atoms with van der Waals surface area (Å²) in [6.07, 6.45) is 9.12. The number of hydrogen-bond donors (Lipinski definition) is 0. The van der Waals surface area contributed by atoms with Gasteiger partial charge >= 0.3 is 0 Å². The molecule has 5 rings (SSSR count). The highest BCUT2D eigenvalue weighted by Crippen LogP contribution is 2.36. The minimum atomic E-state index is -0.368. The first-order chi connectivity index (χ1) is 20.0. The predicted molar refractivity (Wildman–Crippen MR) is 162 cm³/mol. The Kier molecular flexibility index (Phi) is 8.46. The molecule has 0 N–H and O–H groups in total. The van der Waals surface area contributed by atoms with E-state index in [0.29, 0.717) is 23.0 Å². The van der Waals surface area contributed by atoms with Crippen molar-refractivity contribution in [3.63, 3.8) is 0 Å². The van der Waals surface area contributed by atoms with Gasteiger partial charge in [0.15, 0.2) is 23.0 Å². The fourth-order valence-electron chi connectivity index (χ4n) is 4.10. The maximum atomic E-state index is 13.7. The Morgan fingerprint density at radius 1 is 0.683 bits per heavy atom. The SMILES string of the molecule is CC=CC(=CC)Oc1ccc(C=C2Oc3cc(C)ccc3OC(=Cc3ccc(Oc4ccccc4)cc3)C2=O)cc1. The zero-order valence-corrected chi connectivity index (χ0v) is 23.2. The Bertz CT molecular complexity index is 1640. The first kappa shape index (κ1) is 27.3. The molecule has 0 spiro atoms. The van der Waals surface area contributed by atoms with Crippen molar-refractivity contribution in [2.45, 2.75) is 20.8 Å². The van der Waals surface area contributed by atoms with Gasteiger partial charge in [-0.15, -0.1) is 0 Å². The van der Waals surface area contributed by atoms with Crippen LogP contribution in [-0.4, -0.2) is 5.78 Å². The fourth-order valence-corrected chi connectivity index (χ4v) is 4.10. The Labute approximate surface area is 240 Å². The summed E-state index contributed by atoms with van der Waals surface area (Å²) in [6, 6.07) is 30.0. The molecule has 5 heteroatoms. The molecule has 0 saturated heterocycles. The predicted octanol–water partition coefficient (Wildman–Crippen LogP) is 9.07. The number of allylic oxidation sites excluding steroid dienone is 3. The van der Waals surface area contributed by atoms with Gasteiger partial charge in [0.1, 0.15) is 23.0 Å². The Hall–Kier alpha value is -5.29. The van der Waals surface area contributed by atoms with Crippen molar-refractivity contribution in [1.29, 1.82) is 0 Å². The second-order valence-corrected chi connectivity index (χ2v) is 9.35. The number of ketones is 1. The average Bonchev–Trinajstić information content (AvgIpc) is 3.11. The molecule has 1 heterocycles. The van der Waals surface area contributed by atoms with Gasteiger partial charge in [-0.1, -0.05) is 54.6 Å². The lowest BCUT2D eigenvalue weighted by Crippen LogP contribution is -2.12. The van der Waals surface area contributed by atoms with Crippen LogP contribution in [0.2, 0.25) is 0 Å². The molecule has 0 amide bonds. The van der Waals surface area contributed by atoms with Crippen molar-refractivity contribution in [3.05, 3.63) is 149 Å². The quantitative estimate of drug-likeness (QED) is 0.132. The highest BCUT2D eigenvalue weighted by Gasteiger charge is 2.26. The van der Waals surface area contributed by atoms with Crippen LogP contribution in [0.1, 0.15) is 30.5 Å². The van der Waals surface area contributed by atoms with Crippen molar-refractivity contribution in [2.24, 2.45) is 0 Å². The van der Waals surface area contributed by atoms with E-state index in [9.17, 15) is 4.79 Å². The Morgan fingerprint density at radius 2 is 1.27 bits per heavy atom. The molecule has 0 saturated carbocycles. The third kappa shape index (κ3) is 7.02. The minimum absolute atomic E-state index is 0.152. The van der Waals surface area contributed by atoms with E-state index in [4.69, 9.17) is 18.9 Å². The van der Waals surface area contributed by atoms with Crippen molar-refractivity contribution in [2.75, 3.05) is 0 Å². The van der Waals surface area contributed by atoms with Crippen molar-refractivity contribution < 1.29 is 23.7 Å². The summed E-state index contributed by atoms with van der Waals surface area (Å²) in [7, 11) is 0. The summed E-state index contributed by atoms with van der Waals surface area (Å²) in [5.41, 5.74) is 2.56. The smallest absolute Gasteiger partial charge is 0.263 e. The van der Waals surface area contributed by atoms with E-state index in [1.54, 1.807) is 18.2 Å². The minimum Gasteiger partial charge on any atom is -0.458 e. The van der Waals surface area contributed by atoms with Gasteiger partial charge in [0.2, 0.25) is 0 Å². The van der Waals surface area contributed by atoms with E-state index in [0.717, 1.165) is 28.2 Å². The molecule has 4 aromatic rings. The summed E-state index contributed by atoms with van der Waals surface area (Å²) in [4.78, 5) is 13.7. The number of Topliss-reactive ketones (excluding diaryl/α,β-unsaturated/α-hetero) is 1. The van der Waals surface area contributed by atoms with E-state index < -0.39 is 0 Å². The number of benzene rings is 4. The van der Waals surface area contributed by atoms with Gasteiger partial charge in [0, 0.05) is 0 Å². The molecule has 4 aromatic carbocycles. The van der Waals surface area contributed by atoms with Crippen LogP contribution in [0.4, 0.5) is 0 Å². The average molecular weight is 543 g/mol. The third-order valence-corrected chi connectivity index (χ3v) is 6.17. The van der Waals surface area contributed by atoms with Crippen molar-refractivity contribution >= 4 is 17.9 Å². The van der Waals surface area contributed by atoms with Crippen LogP contribution in [0.15, 0.2) is 133 Å². The summed E-state index contributed by atoms with van der Waals surface area (Å²) < 4.78 is 24.0. The number of carbonyl (C=O) groups is 1. The topological polar surface area (TPSA) is 54.0 Å². The second kappa shape index (κ2) is 12.7. The molecule has 5 nitrogen and oxygen atoms in total. The van der Waals surface area contributed by atoms with Gasteiger partial charge in [-0.05, 0) is 110 Å². The molecule has 204 valence electrons. The van der Waals surface area contributed by atoms with E-state index >= 15 is 0 Å². The first-order valence-corrected chi connectivity index (χ1v) is 13.3. The van der Waals surface area contributed by atoms with Crippen molar-refractivity contribution in [1.82, 2.24) is 0 Å². The maximum absolute atomic E-state index is 13.7. The molecular weight excluding hydrogens is 512 g/mol. The molecule has 0 radical (unpaired) electrons. The summed E-state index contributed by atoms with van der Waals surface area (Å²) in [5.74, 6) is 3.76. The van der Waals surface area contributed by atoms with Gasteiger partial charge in [0.25, 0.3) is 5.78 Å². The lowest BCUT2D eigenvalue weighted by atomic mass is 10.1. The molecule has 0 unspecified atom stereocenters. The molecule has 1 aliphatic rings. The van der Waals surface area contributed by atoms with E-state index in [1.165, 1.54) is 0 Å². The summed E-state index contributed by atoms with van der Waals surface area (Å²) in [5, 5.41) is 0. The normalized spacial score (nSPS) is 15.3. The fraction of sp³-hybridized carbons (Fsp3) is 0.0833. The van der Waals surface area contributed by atoms with Gasteiger partial charge < -0.3 is 18.9 Å². The highest BCUT2D eigenvalue weighted by molar-refractivity contribution is 6.11. The van der Waals surface area contributed by atoms with Crippen LogP contribution >= 0.6 is 0 Å². The van der Waals surface area contributed by atoms with Crippen LogP contribution in [0.3, 0.4) is 0 Å². The number of para-hydroxylation sites is 1. The third-order valence-electron chi connectivity index (χ3n) is 6.17. The monoisotopic (exact) mass is 542 g/mol. The van der Waals surface area contributed by atoms with Crippen molar-refractivity contribution in [3.8, 4) is 28.7 Å². The molecule has 1 aliphatic heterocycles. The van der Waals surface area contributed by atoms with Crippen LogP contribution in [0.5, 0.6) is 28.7 Å². The van der Waals surface area contributed by atoms with Gasteiger partial charge in [-0.25, -0.2) is 0 Å². The molecular formula is C36H30O5. The number of ether oxygens (including phenoxy) is 4. The standard InChI is InChI=1S/C36H30O5/c1-4-9-28(5-2)38-30-17-13-27(14-18-30)24-35-36(37)34(40-32-21-12-25(3)22-33(32)41-35)23-26-15-19-31(20-16-26)39-29-10-7-6-8-11-29/h4-24H,1-3H3. The molecule has 0 aliphatic carbocycles. The van der Waals surface area contributed by atoms with Gasteiger partial charge in [0.05, 0.1) is 0 Å². The van der Waals surface area contributed by atoms with Crippen LogP contribution < -0.4 is 18.9 Å². The first-order valence-electron chi connectivity index (χ1n) is 13.3. The second-order valence-electron chi connectivity index (χ2n) is 9.35.